The van der Waals surface area contributed by atoms with E-state index in [9.17, 15) is 27.6 Å². The summed E-state index contributed by atoms with van der Waals surface area (Å²) in [6.45, 7) is 12.3. The van der Waals surface area contributed by atoms with Crippen LogP contribution in [0, 0.1) is 6.92 Å². The fourth-order valence-corrected chi connectivity index (χ4v) is 3.27. The van der Waals surface area contributed by atoms with Gasteiger partial charge < -0.3 is 21.6 Å². The molecule has 0 aromatic heterocycles. The first-order valence-corrected chi connectivity index (χ1v) is 14.4. The number of alkyl halides is 3. The number of halogens is 3. The van der Waals surface area contributed by atoms with Crippen LogP contribution in [-0.4, -0.2) is 30.7 Å². The smallest absolute Gasteiger partial charge is 0.366 e. The summed E-state index contributed by atoms with van der Waals surface area (Å²) in [5, 5.41) is 2.91. The van der Waals surface area contributed by atoms with Gasteiger partial charge in [-0.25, -0.2) is 0 Å². The van der Waals surface area contributed by atoms with Crippen molar-refractivity contribution in [1.82, 2.24) is 5.32 Å². The second kappa shape index (κ2) is 24.6. The second-order valence-electron chi connectivity index (χ2n) is 8.90. The van der Waals surface area contributed by atoms with E-state index in [1.807, 2.05) is 65.0 Å². The summed E-state index contributed by atoms with van der Waals surface area (Å²) in [6, 6.07) is 21.8. The van der Waals surface area contributed by atoms with Crippen molar-refractivity contribution in [2.75, 3.05) is 6.54 Å². The SMILES string of the molecule is CC.CCC(CC)NC(=O)c1cccc(C(N)=O)c1.CCN.Cc1cccc(C(F)(F)F)c1.O=CCCc1ccccc1. The second-order valence-corrected chi connectivity index (χ2v) is 8.90. The minimum Gasteiger partial charge on any atom is -0.366 e. The summed E-state index contributed by atoms with van der Waals surface area (Å²) in [7, 11) is 0. The Morgan fingerprint density at radius 3 is 1.84 bits per heavy atom. The lowest BCUT2D eigenvalue weighted by molar-refractivity contribution is -0.137. The van der Waals surface area contributed by atoms with Gasteiger partial charge in [0.25, 0.3) is 5.91 Å². The predicted octanol–water partition coefficient (Wildman–Crippen LogP) is 7.53. The standard InChI is InChI=1S/C13H18N2O2.C9H10O.C8H7F3.C2H7N.C2H6/c1-3-11(4-2)15-13(17)10-7-5-6-9(8-10)12(14)16;10-8-4-7-9-5-2-1-3-6-9;1-6-3-2-4-7(5-6)8(9,10)11;1-2-3;1-2/h5-8,11H,3-4H2,1-2H3,(H2,14,16)(H,15,17);1-3,5-6,8H,4,7H2;2-5H,1H3;2-3H2,1H3;1-2H3. The Morgan fingerprint density at radius 1 is 0.860 bits per heavy atom. The van der Waals surface area contributed by atoms with Gasteiger partial charge >= 0.3 is 6.18 Å². The molecule has 0 saturated carbocycles. The van der Waals surface area contributed by atoms with E-state index in [1.165, 1.54) is 17.7 Å². The fourth-order valence-electron chi connectivity index (χ4n) is 3.27. The summed E-state index contributed by atoms with van der Waals surface area (Å²) < 4.78 is 35.9. The molecule has 0 radical (unpaired) electrons. The van der Waals surface area contributed by atoms with Crippen molar-refractivity contribution < 1.29 is 27.6 Å². The maximum absolute atomic E-state index is 12.0. The van der Waals surface area contributed by atoms with Crippen LogP contribution in [-0.2, 0) is 17.4 Å². The number of aryl methyl sites for hydroxylation is 2. The Balaban J connectivity index is 0. The summed E-state index contributed by atoms with van der Waals surface area (Å²) in [5.74, 6) is -0.691. The molecular weight excluding hydrogens is 555 g/mol. The Hall–Kier alpha value is -3.98. The highest BCUT2D eigenvalue weighted by Crippen LogP contribution is 2.29. The molecule has 238 valence electrons. The lowest BCUT2D eigenvalue weighted by Gasteiger charge is -2.14. The monoisotopic (exact) mass is 603 g/mol. The molecule has 3 aromatic rings. The summed E-state index contributed by atoms with van der Waals surface area (Å²) in [5.41, 5.74) is 12.1. The van der Waals surface area contributed by atoms with E-state index in [4.69, 9.17) is 11.5 Å². The molecule has 0 aliphatic heterocycles. The van der Waals surface area contributed by atoms with Crippen molar-refractivity contribution in [2.45, 2.75) is 79.4 Å². The van der Waals surface area contributed by atoms with Crippen LogP contribution in [0.3, 0.4) is 0 Å². The quantitative estimate of drug-likeness (QED) is 0.231. The van der Waals surface area contributed by atoms with Crippen LogP contribution in [0.15, 0.2) is 78.9 Å². The van der Waals surface area contributed by atoms with Crippen LogP contribution in [0.1, 0.15) is 91.3 Å². The maximum Gasteiger partial charge on any atom is 0.416 e. The van der Waals surface area contributed by atoms with Crippen molar-refractivity contribution in [1.29, 1.82) is 0 Å². The number of carbonyl (C=O) groups excluding carboxylic acids is 3. The van der Waals surface area contributed by atoms with Crippen LogP contribution in [0.25, 0.3) is 0 Å². The first kappa shape index (κ1) is 41.2. The number of carbonyl (C=O) groups is 3. The molecule has 0 heterocycles. The normalized spacial score (nSPS) is 9.74. The minimum atomic E-state index is -4.22. The molecule has 3 rings (SSSR count). The minimum absolute atomic E-state index is 0.165. The van der Waals surface area contributed by atoms with Crippen molar-refractivity contribution in [3.05, 3.63) is 107 Å². The third-order valence-corrected chi connectivity index (χ3v) is 5.47. The summed E-state index contributed by atoms with van der Waals surface area (Å²) >= 11 is 0. The van der Waals surface area contributed by atoms with E-state index < -0.39 is 17.6 Å². The molecule has 0 unspecified atom stereocenters. The lowest BCUT2D eigenvalue weighted by Crippen LogP contribution is -2.33. The molecule has 0 saturated heterocycles. The molecule has 0 aliphatic carbocycles. The molecule has 0 spiro atoms. The third-order valence-electron chi connectivity index (χ3n) is 5.47. The summed E-state index contributed by atoms with van der Waals surface area (Å²) in [6.07, 6.45) is 0.00285. The molecule has 6 nitrogen and oxygen atoms in total. The largest absolute Gasteiger partial charge is 0.416 e. The first-order chi connectivity index (χ1) is 20.4. The van der Waals surface area contributed by atoms with E-state index in [0.717, 1.165) is 44.2 Å². The zero-order chi connectivity index (χ0) is 33.3. The van der Waals surface area contributed by atoms with E-state index >= 15 is 0 Å². The average Bonchev–Trinajstić information content (AvgIpc) is 3.01. The van der Waals surface area contributed by atoms with Crippen LogP contribution in [0.5, 0.6) is 0 Å². The molecule has 0 atom stereocenters. The average molecular weight is 604 g/mol. The summed E-state index contributed by atoms with van der Waals surface area (Å²) in [4.78, 5) is 32.9. The van der Waals surface area contributed by atoms with Gasteiger partial charge in [0.15, 0.2) is 0 Å². The Bertz CT molecular complexity index is 1170. The number of amides is 2. The number of benzene rings is 3. The van der Waals surface area contributed by atoms with E-state index in [-0.39, 0.29) is 11.9 Å². The Labute approximate surface area is 255 Å². The Kier molecular flexibility index (Phi) is 23.5. The van der Waals surface area contributed by atoms with Crippen molar-refractivity contribution in [2.24, 2.45) is 11.5 Å². The van der Waals surface area contributed by atoms with E-state index in [2.05, 4.69) is 5.32 Å². The highest BCUT2D eigenvalue weighted by molar-refractivity contribution is 5.99. The molecule has 0 fully saturated rings. The highest BCUT2D eigenvalue weighted by Gasteiger charge is 2.29. The number of hydrogen-bond acceptors (Lipinski definition) is 4. The maximum atomic E-state index is 12.0. The van der Waals surface area contributed by atoms with Gasteiger partial charge in [0.05, 0.1) is 5.56 Å². The highest BCUT2D eigenvalue weighted by atomic mass is 19.4. The lowest BCUT2D eigenvalue weighted by atomic mass is 10.1. The van der Waals surface area contributed by atoms with Gasteiger partial charge in [-0.1, -0.05) is 94.8 Å². The first-order valence-electron chi connectivity index (χ1n) is 14.4. The van der Waals surface area contributed by atoms with Crippen LogP contribution < -0.4 is 16.8 Å². The molecule has 2 amide bonds. The molecule has 0 bridgehead atoms. The number of rotatable bonds is 8. The van der Waals surface area contributed by atoms with Gasteiger partial charge in [0, 0.05) is 23.6 Å². The molecular formula is C34H48F3N3O3. The number of aldehydes is 1. The number of primary amides is 1. The van der Waals surface area contributed by atoms with Gasteiger partial charge in [-0.2, -0.15) is 13.2 Å². The van der Waals surface area contributed by atoms with Crippen molar-refractivity contribution in [3.8, 4) is 0 Å². The predicted molar refractivity (Wildman–Crippen MR) is 170 cm³/mol. The zero-order valence-electron chi connectivity index (χ0n) is 26.2. The van der Waals surface area contributed by atoms with Gasteiger partial charge in [0.2, 0.25) is 5.91 Å². The molecule has 3 aromatic carbocycles. The molecule has 5 N–H and O–H groups in total. The van der Waals surface area contributed by atoms with E-state index in [1.54, 1.807) is 31.2 Å². The van der Waals surface area contributed by atoms with Crippen molar-refractivity contribution >= 4 is 18.1 Å². The molecule has 0 aliphatic rings. The number of nitrogens with two attached hydrogens (primary N) is 2. The zero-order valence-corrected chi connectivity index (χ0v) is 26.2. The van der Waals surface area contributed by atoms with Gasteiger partial charge in [-0.3, -0.25) is 9.59 Å². The van der Waals surface area contributed by atoms with Gasteiger partial charge in [-0.15, -0.1) is 0 Å². The fraction of sp³-hybridized carbons (Fsp3) is 0.382. The number of nitrogens with one attached hydrogen (secondary N) is 1. The Morgan fingerprint density at radius 2 is 1.40 bits per heavy atom. The number of hydrogen-bond donors (Lipinski definition) is 3. The van der Waals surface area contributed by atoms with Crippen LogP contribution in [0.4, 0.5) is 13.2 Å². The topological polar surface area (TPSA) is 115 Å². The molecule has 43 heavy (non-hydrogen) atoms. The van der Waals surface area contributed by atoms with Crippen LogP contribution >= 0.6 is 0 Å². The van der Waals surface area contributed by atoms with E-state index in [0.29, 0.717) is 23.1 Å². The third kappa shape index (κ3) is 19.7. The van der Waals surface area contributed by atoms with Gasteiger partial charge in [-0.05, 0) is 62.6 Å². The van der Waals surface area contributed by atoms with Crippen molar-refractivity contribution in [3.63, 3.8) is 0 Å². The van der Waals surface area contributed by atoms with Gasteiger partial charge in [0.1, 0.15) is 6.29 Å². The molecule has 9 heteroatoms. The van der Waals surface area contributed by atoms with Crippen LogP contribution in [0.2, 0.25) is 0 Å².